The van der Waals surface area contributed by atoms with Crippen molar-refractivity contribution in [1.29, 1.82) is 0 Å². The van der Waals surface area contributed by atoms with Gasteiger partial charge in [0.1, 0.15) is 6.61 Å². The molecule has 1 aromatic rings. The van der Waals surface area contributed by atoms with E-state index in [4.69, 9.17) is 16.3 Å². The van der Waals surface area contributed by atoms with Crippen LogP contribution in [-0.4, -0.2) is 19.1 Å². The van der Waals surface area contributed by atoms with E-state index in [1.54, 1.807) is 18.2 Å². The quantitative estimate of drug-likeness (QED) is 0.926. The highest BCUT2D eigenvalue weighted by Crippen LogP contribution is 2.25. The lowest BCUT2D eigenvalue weighted by molar-refractivity contribution is -0.120. The Kier molecular flexibility index (Phi) is 5.08. The smallest absolute Gasteiger partial charge is 0.250 e. The molecule has 0 aliphatic carbocycles. The van der Waals surface area contributed by atoms with E-state index in [1.165, 1.54) is 0 Å². The Hall–Kier alpha value is -0.580. The topological polar surface area (TPSA) is 38.3 Å². The lowest BCUT2D eigenvalue weighted by Crippen LogP contribution is -2.18. The van der Waals surface area contributed by atoms with Crippen molar-refractivity contribution in [2.45, 2.75) is 6.92 Å². The van der Waals surface area contributed by atoms with Crippen molar-refractivity contribution in [3.8, 4) is 0 Å². The van der Waals surface area contributed by atoms with E-state index in [-0.39, 0.29) is 12.5 Å². The molecule has 1 rings (SSSR count). The molecule has 5 heteroatoms. The Morgan fingerprint density at radius 3 is 2.93 bits per heavy atom. The summed E-state index contributed by atoms with van der Waals surface area (Å²) in [5, 5.41) is 3.32. The van der Waals surface area contributed by atoms with Crippen molar-refractivity contribution in [3.63, 3.8) is 0 Å². The highest BCUT2D eigenvalue weighted by Gasteiger charge is 2.05. The third kappa shape index (κ3) is 4.20. The Bertz CT molecular complexity index is 357. The van der Waals surface area contributed by atoms with Crippen LogP contribution in [0.15, 0.2) is 22.7 Å². The molecule has 15 heavy (non-hydrogen) atoms. The van der Waals surface area contributed by atoms with Crippen LogP contribution in [0.2, 0.25) is 5.02 Å². The zero-order valence-electron chi connectivity index (χ0n) is 8.22. The van der Waals surface area contributed by atoms with E-state index in [9.17, 15) is 4.79 Å². The molecule has 1 aromatic carbocycles. The van der Waals surface area contributed by atoms with Gasteiger partial charge in [0.15, 0.2) is 0 Å². The molecule has 82 valence electrons. The number of nitrogens with one attached hydrogen (secondary N) is 1. The molecule has 0 radical (unpaired) electrons. The summed E-state index contributed by atoms with van der Waals surface area (Å²) in [6, 6.07) is 5.16. The van der Waals surface area contributed by atoms with Crippen LogP contribution < -0.4 is 5.32 Å². The number of amides is 1. The lowest BCUT2D eigenvalue weighted by Gasteiger charge is -2.07. The first kappa shape index (κ1) is 12.5. The van der Waals surface area contributed by atoms with E-state index in [0.717, 1.165) is 4.47 Å². The van der Waals surface area contributed by atoms with Crippen LogP contribution in [-0.2, 0) is 9.53 Å². The van der Waals surface area contributed by atoms with Crippen LogP contribution in [0.5, 0.6) is 0 Å². The first-order valence-electron chi connectivity index (χ1n) is 4.46. The minimum atomic E-state index is -0.181. The summed E-state index contributed by atoms with van der Waals surface area (Å²) in [5.74, 6) is -0.181. The summed E-state index contributed by atoms with van der Waals surface area (Å²) < 4.78 is 5.73. The second kappa shape index (κ2) is 6.10. The molecular formula is C10H11BrClNO2. The van der Waals surface area contributed by atoms with E-state index in [2.05, 4.69) is 21.2 Å². The Labute approximate surface area is 102 Å². The van der Waals surface area contributed by atoms with Gasteiger partial charge in [-0.05, 0) is 41.1 Å². The maximum atomic E-state index is 11.3. The van der Waals surface area contributed by atoms with Gasteiger partial charge in [-0.25, -0.2) is 0 Å². The van der Waals surface area contributed by atoms with Crippen LogP contribution in [0.3, 0.4) is 0 Å². The van der Waals surface area contributed by atoms with Crippen LogP contribution >= 0.6 is 27.5 Å². The molecule has 0 saturated carbocycles. The van der Waals surface area contributed by atoms with Crippen molar-refractivity contribution in [2.75, 3.05) is 18.5 Å². The highest BCUT2D eigenvalue weighted by atomic mass is 79.9. The minimum Gasteiger partial charge on any atom is -0.372 e. The molecule has 0 aromatic heterocycles. The van der Waals surface area contributed by atoms with Gasteiger partial charge in [-0.3, -0.25) is 4.79 Å². The molecular weight excluding hydrogens is 281 g/mol. The average molecular weight is 293 g/mol. The van der Waals surface area contributed by atoms with Gasteiger partial charge in [0.05, 0.1) is 5.69 Å². The maximum Gasteiger partial charge on any atom is 0.250 e. The normalized spacial score (nSPS) is 10.1. The Balaban J connectivity index is 2.60. The van der Waals surface area contributed by atoms with Gasteiger partial charge >= 0.3 is 0 Å². The number of rotatable bonds is 4. The fraction of sp³-hybridized carbons (Fsp3) is 0.300. The summed E-state index contributed by atoms with van der Waals surface area (Å²) in [6.07, 6.45) is 0. The first-order valence-corrected chi connectivity index (χ1v) is 5.63. The molecule has 0 heterocycles. The molecule has 0 spiro atoms. The SMILES string of the molecule is CCOCC(=O)Nc1ccc(Cl)cc1Br. The number of ether oxygens (including phenoxy) is 1. The minimum absolute atomic E-state index is 0.0611. The molecule has 0 aliphatic rings. The Morgan fingerprint density at radius 2 is 2.33 bits per heavy atom. The number of hydrogen-bond donors (Lipinski definition) is 1. The molecule has 0 fully saturated rings. The molecule has 1 N–H and O–H groups in total. The molecule has 0 aliphatic heterocycles. The largest absolute Gasteiger partial charge is 0.372 e. The van der Waals surface area contributed by atoms with Crippen LogP contribution in [0.4, 0.5) is 5.69 Å². The van der Waals surface area contributed by atoms with Gasteiger partial charge in [-0.2, -0.15) is 0 Å². The number of hydrogen-bond acceptors (Lipinski definition) is 2. The second-order valence-electron chi connectivity index (χ2n) is 2.81. The van der Waals surface area contributed by atoms with Gasteiger partial charge < -0.3 is 10.1 Å². The van der Waals surface area contributed by atoms with Crippen molar-refractivity contribution in [3.05, 3.63) is 27.7 Å². The predicted molar refractivity (Wildman–Crippen MR) is 64.3 cm³/mol. The summed E-state index contributed by atoms with van der Waals surface area (Å²) >= 11 is 9.07. The van der Waals surface area contributed by atoms with Gasteiger partial charge in [0.25, 0.3) is 0 Å². The number of benzene rings is 1. The predicted octanol–water partition coefficient (Wildman–Crippen LogP) is 3.08. The molecule has 1 amide bonds. The van der Waals surface area contributed by atoms with Gasteiger partial charge in [-0.15, -0.1) is 0 Å². The standard InChI is InChI=1S/C10H11BrClNO2/c1-2-15-6-10(14)13-9-4-3-7(12)5-8(9)11/h3-5H,2,6H2,1H3,(H,13,14). The summed E-state index contributed by atoms with van der Waals surface area (Å²) in [5.41, 5.74) is 0.684. The molecule has 3 nitrogen and oxygen atoms in total. The Morgan fingerprint density at radius 1 is 1.60 bits per heavy atom. The number of halogens is 2. The second-order valence-corrected chi connectivity index (χ2v) is 4.10. The van der Waals surface area contributed by atoms with E-state index in [1.807, 2.05) is 6.92 Å². The molecule has 0 saturated heterocycles. The fourth-order valence-electron chi connectivity index (χ4n) is 0.972. The van der Waals surface area contributed by atoms with Gasteiger partial charge in [0, 0.05) is 16.1 Å². The number of anilines is 1. The molecule has 0 unspecified atom stereocenters. The zero-order valence-corrected chi connectivity index (χ0v) is 10.6. The van der Waals surface area contributed by atoms with Crippen molar-refractivity contribution in [1.82, 2.24) is 0 Å². The first-order chi connectivity index (χ1) is 7.13. The van der Waals surface area contributed by atoms with Gasteiger partial charge in [-0.1, -0.05) is 11.6 Å². The fourth-order valence-corrected chi connectivity index (χ4v) is 1.75. The third-order valence-electron chi connectivity index (χ3n) is 1.64. The van der Waals surface area contributed by atoms with Crippen LogP contribution in [0.1, 0.15) is 6.92 Å². The average Bonchev–Trinajstić information content (AvgIpc) is 2.19. The molecule has 0 bridgehead atoms. The van der Waals surface area contributed by atoms with Crippen molar-refractivity contribution >= 4 is 39.1 Å². The highest BCUT2D eigenvalue weighted by molar-refractivity contribution is 9.10. The van der Waals surface area contributed by atoms with Crippen LogP contribution in [0.25, 0.3) is 0 Å². The number of carbonyl (C=O) groups excluding carboxylic acids is 1. The molecule has 0 atom stereocenters. The van der Waals surface area contributed by atoms with Crippen LogP contribution in [0, 0.1) is 0 Å². The maximum absolute atomic E-state index is 11.3. The van der Waals surface area contributed by atoms with E-state index < -0.39 is 0 Å². The number of carbonyl (C=O) groups is 1. The van der Waals surface area contributed by atoms with Gasteiger partial charge in [0.2, 0.25) is 5.91 Å². The summed E-state index contributed by atoms with van der Waals surface area (Å²) in [6.45, 7) is 2.42. The van der Waals surface area contributed by atoms with Crippen molar-refractivity contribution < 1.29 is 9.53 Å². The lowest BCUT2D eigenvalue weighted by atomic mass is 10.3. The third-order valence-corrected chi connectivity index (χ3v) is 2.53. The van der Waals surface area contributed by atoms with E-state index >= 15 is 0 Å². The monoisotopic (exact) mass is 291 g/mol. The van der Waals surface area contributed by atoms with E-state index in [0.29, 0.717) is 17.3 Å². The zero-order chi connectivity index (χ0) is 11.3. The summed E-state index contributed by atoms with van der Waals surface area (Å²) in [4.78, 5) is 11.3. The summed E-state index contributed by atoms with van der Waals surface area (Å²) in [7, 11) is 0. The van der Waals surface area contributed by atoms with Crippen molar-refractivity contribution in [2.24, 2.45) is 0 Å².